The van der Waals surface area contributed by atoms with Crippen LogP contribution in [0, 0.1) is 11.6 Å². The van der Waals surface area contributed by atoms with Gasteiger partial charge in [0.05, 0.1) is 0 Å². The summed E-state index contributed by atoms with van der Waals surface area (Å²) in [6.45, 7) is 0. The van der Waals surface area contributed by atoms with Gasteiger partial charge in [-0.2, -0.15) is 0 Å². The van der Waals surface area contributed by atoms with Crippen LogP contribution in [0.15, 0.2) is 36.4 Å². The molecule has 0 spiro atoms. The van der Waals surface area contributed by atoms with E-state index < -0.39 is 11.6 Å². The molecule has 0 bridgehead atoms. The van der Waals surface area contributed by atoms with Crippen molar-refractivity contribution in [3.63, 3.8) is 0 Å². The van der Waals surface area contributed by atoms with Crippen LogP contribution in [0.4, 0.5) is 8.78 Å². The van der Waals surface area contributed by atoms with Crippen molar-refractivity contribution in [3.8, 4) is 11.1 Å². The summed E-state index contributed by atoms with van der Waals surface area (Å²) in [5.74, 6) is -1.95. The second-order valence-corrected chi connectivity index (χ2v) is 3.89. The van der Waals surface area contributed by atoms with E-state index in [1.165, 1.54) is 30.3 Å². The van der Waals surface area contributed by atoms with E-state index in [-0.39, 0.29) is 16.7 Å². The number of halogens is 3. The van der Waals surface area contributed by atoms with Crippen molar-refractivity contribution in [2.75, 3.05) is 0 Å². The van der Waals surface area contributed by atoms with Crippen LogP contribution in [0.1, 0.15) is 10.4 Å². The lowest BCUT2D eigenvalue weighted by Gasteiger charge is -2.07. The highest BCUT2D eigenvalue weighted by molar-refractivity contribution is 6.31. The van der Waals surface area contributed by atoms with Gasteiger partial charge in [0.1, 0.15) is 0 Å². The first-order chi connectivity index (χ1) is 8.13. The first kappa shape index (κ1) is 11.7. The second-order valence-electron chi connectivity index (χ2n) is 3.45. The average Bonchev–Trinajstić information content (AvgIpc) is 2.33. The van der Waals surface area contributed by atoms with Crippen LogP contribution in [-0.2, 0) is 0 Å². The maximum atomic E-state index is 13.6. The molecular weight excluding hydrogens is 246 g/mol. The summed E-state index contributed by atoms with van der Waals surface area (Å²) in [7, 11) is 0. The zero-order valence-corrected chi connectivity index (χ0v) is 9.34. The molecule has 4 heteroatoms. The van der Waals surface area contributed by atoms with Gasteiger partial charge in [0, 0.05) is 16.1 Å². The number of carbonyl (C=O) groups is 1. The Morgan fingerprint density at radius 2 is 1.82 bits per heavy atom. The molecule has 0 aliphatic heterocycles. The normalized spacial score (nSPS) is 10.3. The standard InChI is InChI=1S/C13H7ClF2O/c14-9-5-4-8(7-17)11(6-9)10-2-1-3-12(15)13(10)16/h1-7H. The lowest BCUT2D eigenvalue weighted by molar-refractivity contribution is 0.112. The quantitative estimate of drug-likeness (QED) is 0.736. The van der Waals surface area contributed by atoms with Crippen LogP contribution < -0.4 is 0 Å². The van der Waals surface area contributed by atoms with Crippen molar-refractivity contribution >= 4 is 17.9 Å². The zero-order valence-electron chi connectivity index (χ0n) is 8.58. The van der Waals surface area contributed by atoms with Gasteiger partial charge in [-0.3, -0.25) is 4.79 Å². The Morgan fingerprint density at radius 3 is 2.53 bits per heavy atom. The number of hydrogen-bond donors (Lipinski definition) is 0. The van der Waals surface area contributed by atoms with Gasteiger partial charge in [-0.1, -0.05) is 23.7 Å². The topological polar surface area (TPSA) is 17.1 Å². The lowest BCUT2D eigenvalue weighted by atomic mass is 10.00. The van der Waals surface area contributed by atoms with E-state index in [0.717, 1.165) is 6.07 Å². The van der Waals surface area contributed by atoms with Crippen molar-refractivity contribution in [1.29, 1.82) is 0 Å². The van der Waals surface area contributed by atoms with Crippen molar-refractivity contribution in [3.05, 3.63) is 58.6 Å². The number of carbonyl (C=O) groups excluding carboxylic acids is 1. The summed E-state index contributed by atoms with van der Waals surface area (Å²) in [5.41, 5.74) is 0.568. The van der Waals surface area contributed by atoms with Gasteiger partial charge in [-0.25, -0.2) is 8.78 Å². The predicted octanol–water partition coefficient (Wildman–Crippen LogP) is 4.10. The molecule has 0 saturated carbocycles. The van der Waals surface area contributed by atoms with Crippen LogP contribution >= 0.6 is 11.6 Å². The Labute approximate surface area is 102 Å². The molecule has 17 heavy (non-hydrogen) atoms. The first-order valence-corrected chi connectivity index (χ1v) is 5.20. The van der Waals surface area contributed by atoms with E-state index in [4.69, 9.17) is 11.6 Å². The predicted molar refractivity (Wildman–Crippen MR) is 62.2 cm³/mol. The van der Waals surface area contributed by atoms with Gasteiger partial charge in [0.15, 0.2) is 17.9 Å². The molecule has 0 aromatic heterocycles. The molecule has 0 radical (unpaired) electrons. The highest BCUT2D eigenvalue weighted by Gasteiger charge is 2.13. The monoisotopic (exact) mass is 252 g/mol. The Hall–Kier alpha value is -1.74. The highest BCUT2D eigenvalue weighted by Crippen LogP contribution is 2.29. The molecule has 0 saturated heterocycles. The summed E-state index contributed by atoms with van der Waals surface area (Å²) >= 11 is 5.78. The van der Waals surface area contributed by atoms with Gasteiger partial charge in [-0.15, -0.1) is 0 Å². The average molecular weight is 253 g/mol. The van der Waals surface area contributed by atoms with Crippen molar-refractivity contribution in [2.45, 2.75) is 0 Å². The molecule has 0 atom stereocenters. The number of rotatable bonds is 2. The van der Waals surface area contributed by atoms with Crippen molar-refractivity contribution < 1.29 is 13.6 Å². The Balaban J connectivity index is 2.71. The maximum Gasteiger partial charge on any atom is 0.166 e. The zero-order chi connectivity index (χ0) is 12.4. The van der Waals surface area contributed by atoms with Crippen LogP contribution in [-0.4, -0.2) is 6.29 Å². The van der Waals surface area contributed by atoms with Gasteiger partial charge in [0.25, 0.3) is 0 Å². The fourth-order valence-corrected chi connectivity index (χ4v) is 1.75. The van der Waals surface area contributed by atoms with E-state index in [0.29, 0.717) is 11.3 Å². The lowest BCUT2D eigenvalue weighted by Crippen LogP contribution is -1.93. The van der Waals surface area contributed by atoms with Crippen LogP contribution in [0.2, 0.25) is 5.02 Å². The molecule has 0 aliphatic rings. The minimum Gasteiger partial charge on any atom is -0.298 e. The number of benzene rings is 2. The molecule has 1 nitrogen and oxygen atoms in total. The fourth-order valence-electron chi connectivity index (χ4n) is 1.58. The van der Waals surface area contributed by atoms with E-state index in [9.17, 15) is 13.6 Å². The van der Waals surface area contributed by atoms with Crippen molar-refractivity contribution in [1.82, 2.24) is 0 Å². The Morgan fingerprint density at radius 1 is 1.06 bits per heavy atom. The largest absolute Gasteiger partial charge is 0.298 e. The van der Waals surface area contributed by atoms with Crippen LogP contribution in [0.25, 0.3) is 11.1 Å². The number of aldehydes is 1. The molecule has 2 aromatic rings. The second kappa shape index (κ2) is 4.63. The van der Waals surface area contributed by atoms with E-state index >= 15 is 0 Å². The SMILES string of the molecule is O=Cc1ccc(Cl)cc1-c1cccc(F)c1F. The summed E-state index contributed by atoms with van der Waals surface area (Å²) in [6.07, 6.45) is 0.579. The molecule has 0 fully saturated rings. The molecule has 2 aromatic carbocycles. The van der Waals surface area contributed by atoms with Gasteiger partial charge in [-0.05, 0) is 29.8 Å². The Bertz CT molecular complexity index is 582. The molecule has 0 amide bonds. The third-order valence-corrected chi connectivity index (χ3v) is 2.62. The summed E-state index contributed by atoms with van der Waals surface area (Å²) in [4.78, 5) is 10.8. The first-order valence-electron chi connectivity index (χ1n) is 4.82. The molecule has 2 rings (SSSR count). The molecule has 0 unspecified atom stereocenters. The van der Waals surface area contributed by atoms with Crippen molar-refractivity contribution in [2.24, 2.45) is 0 Å². The smallest absolute Gasteiger partial charge is 0.166 e. The molecule has 86 valence electrons. The third kappa shape index (κ3) is 2.19. The van der Waals surface area contributed by atoms with Gasteiger partial charge < -0.3 is 0 Å². The van der Waals surface area contributed by atoms with E-state index in [1.54, 1.807) is 0 Å². The summed E-state index contributed by atoms with van der Waals surface area (Å²) in [5, 5.41) is 0.356. The molecule has 0 heterocycles. The van der Waals surface area contributed by atoms with E-state index in [2.05, 4.69) is 0 Å². The summed E-state index contributed by atoms with van der Waals surface area (Å²) in [6, 6.07) is 8.22. The maximum absolute atomic E-state index is 13.6. The molecule has 0 aliphatic carbocycles. The minimum absolute atomic E-state index is 0.0228. The summed E-state index contributed by atoms with van der Waals surface area (Å²) < 4.78 is 26.7. The third-order valence-electron chi connectivity index (χ3n) is 2.38. The molecule has 0 N–H and O–H groups in total. The minimum atomic E-state index is -0.988. The van der Waals surface area contributed by atoms with Gasteiger partial charge in [0.2, 0.25) is 0 Å². The highest BCUT2D eigenvalue weighted by atomic mass is 35.5. The van der Waals surface area contributed by atoms with Crippen LogP contribution in [0.5, 0.6) is 0 Å². The Kier molecular flexibility index (Phi) is 3.20. The van der Waals surface area contributed by atoms with Crippen LogP contribution in [0.3, 0.4) is 0 Å². The molecular formula is C13H7ClF2O. The fraction of sp³-hybridized carbons (Fsp3) is 0. The van der Waals surface area contributed by atoms with Gasteiger partial charge >= 0.3 is 0 Å². The number of hydrogen-bond acceptors (Lipinski definition) is 1. The van der Waals surface area contributed by atoms with E-state index in [1.807, 2.05) is 0 Å².